The first kappa shape index (κ1) is 21.9. The Morgan fingerprint density at radius 2 is 1.79 bits per heavy atom. The molecule has 4 unspecified atom stereocenters. The maximum absolute atomic E-state index is 10.3. The largest absolute Gasteiger partial charge is 0.393 e. The third-order valence-corrected chi connectivity index (χ3v) is 10.4. The van der Waals surface area contributed by atoms with Crippen molar-refractivity contribution < 1.29 is 5.11 Å². The molecule has 2 heteroatoms. The Bertz CT molecular complexity index is 626. The first-order valence-electron chi connectivity index (χ1n) is 12.8. The summed E-state index contributed by atoms with van der Waals surface area (Å²) in [5.74, 6) is 4.77. The normalized spacial score (nSPS) is 47.9. The number of hydrogen-bond donors (Lipinski definition) is 2. The van der Waals surface area contributed by atoms with Crippen LogP contribution in [0.3, 0.4) is 0 Å². The van der Waals surface area contributed by atoms with Gasteiger partial charge in [-0.2, -0.15) is 0 Å². The molecule has 0 spiro atoms. The molecule has 3 N–H and O–H groups in total. The maximum atomic E-state index is 10.3. The van der Waals surface area contributed by atoms with Gasteiger partial charge in [0.15, 0.2) is 0 Å². The van der Waals surface area contributed by atoms with E-state index in [0.717, 1.165) is 48.9 Å². The van der Waals surface area contributed by atoms with Gasteiger partial charge in [-0.3, -0.25) is 0 Å². The van der Waals surface area contributed by atoms with Crippen LogP contribution in [-0.4, -0.2) is 17.3 Å². The fraction of sp³-hybridized carbons (Fsp3) is 0.926. The molecule has 0 aromatic rings. The summed E-state index contributed by atoms with van der Waals surface area (Å²) >= 11 is 0. The van der Waals surface area contributed by atoms with E-state index in [2.05, 4.69) is 40.7 Å². The Morgan fingerprint density at radius 3 is 2.52 bits per heavy atom. The summed E-state index contributed by atoms with van der Waals surface area (Å²) in [6.45, 7) is 12.4. The highest BCUT2D eigenvalue weighted by Gasteiger charge is 2.60. The van der Waals surface area contributed by atoms with Gasteiger partial charge in [-0.15, -0.1) is 0 Å². The lowest BCUT2D eigenvalue weighted by molar-refractivity contribution is -0.0632. The maximum Gasteiger partial charge on any atom is 0.0577 e. The summed E-state index contributed by atoms with van der Waals surface area (Å²) in [6, 6.07) is 0.202. The van der Waals surface area contributed by atoms with Crippen molar-refractivity contribution in [1.29, 1.82) is 0 Å². The molecule has 0 bridgehead atoms. The van der Waals surface area contributed by atoms with E-state index in [-0.39, 0.29) is 12.1 Å². The molecular formula is C27H47NO. The zero-order valence-corrected chi connectivity index (χ0v) is 19.8. The molecule has 9 atom stereocenters. The van der Waals surface area contributed by atoms with Gasteiger partial charge in [-0.25, -0.2) is 0 Å². The molecule has 0 saturated heterocycles. The second-order valence-corrected chi connectivity index (χ2v) is 12.4. The van der Waals surface area contributed by atoms with Crippen LogP contribution in [-0.2, 0) is 0 Å². The molecular weight excluding hydrogens is 354 g/mol. The Morgan fingerprint density at radius 1 is 1.03 bits per heavy atom. The third kappa shape index (κ3) is 3.65. The van der Waals surface area contributed by atoms with E-state index in [9.17, 15) is 5.11 Å². The van der Waals surface area contributed by atoms with Gasteiger partial charge < -0.3 is 10.8 Å². The van der Waals surface area contributed by atoms with Crippen molar-refractivity contribution in [2.24, 2.45) is 52.1 Å². The summed E-state index contributed by atoms with van der Waals surface area (Å²) in [6.07, 6.45) is 15.0. The Balaban J connectivity index is 1.54. The molecule has 0 aromatic heterocycles. The molecule has 0 aliphatic heterocycles. The van der Waals surface area contributed by atoms with Crippen molar-refractivity contribution >= 4 is 0 Å². The summed E-state index contributed by atoms with van der Waals surface area (Å²) in [5.41, 5.74) is 9.17. The van der Waals surface area contributed by atoms with E-state index >= 15 is 0 Å². The molecule has 2 nitrogen and oxygen atoms in total. The standard InChI is InChI=1S/C27H47NO/c1-17(2)7-6-8-18(3)21-9-10-22-25-23(12-14-27(21,22)5)26(4)13-11-20(29)15-19(26)16-24(25)28/h16-18,20-25,29H,6-15,28H2,1-5H3/t18-,20+,21?,22?,23?,24+,25?,26+,27-/m1/s1. The summed E-state index contributed by atoms with van der Waals surface area (Å²) in [5, 5.41) is 10.3. The monoisotopic (exact) mass is 401 g/mol. The summed E-state index contributed by atoms with van der Waals surface area (Å²) in [7, 11) is 0. The fourth-order valence-corrected chi connectivity index (χ4v) is 8.74. The van der Waals surface area contributed by atoms with E-state index in [1.54, 1.807) is 0 Å². The topological polar surface area (TPSA) is 46.2 Å². The molecule has 166 valence electrons. The van der Waals surface area contributed by atoms with Crippen LogP contribution in [0, 0.1) is 46.3 Å². The van der Waals surface area contributed by atoms with Crippen molar-refractivity contribution in [2.75, 3.05) is 0 Å². The minimum Gasteiger partial charge on any atom is -0.393 e. The highest BCUT2D eigenvalue weighted by molar-refractivity contribution is 5.28. The number of aliphatic hydroxyl groups excluding tert-OH is 1. The van der Waals surface area contributed by atoms with Crippen LogP contribution in [0.2, 0.25) is 0 Å². The van der Waals surface area contributed by atoms with Crippen LogP contribution in [0.4, 0.5) is 0 Å². The van der Waals surface area contributed by atoms with Crippen molar-refractivity contribution in [2.45, 2.75) is 111 Å². The third-order valence-electron chi connectivity index (χ3n) is 10.4. The number of hydrogen-bond acceptors (Lipinski definition) is 2. The quantitative estimate of drug-likeness (QED) is 0.529. The first-order valence-corrected chi connectivity index (χ1v) is 12.8. The minimum absolute atomic E-state index is 0.144. The van der Waals surface area contributed by atoms with Gasteiger partial charge >= 0.3 is 0 Å². The fourth-order valence-electron chi connectivity index (χ4n) is 8.74. The summed E-state index contributed by atoms with van der Waals surface area (Å²) < 4.78 is 0. The molecule has 3 fully saturated rings. The van der Waals surface area contributed by atoms with Gasteiger partial charge in [-0.1, -0.05) is 65.5 Å². The first-order chi connectivity index (χ1) is 13.7. The second kappa shape index (κ2) is 7.97. The Hall–Kier alpha value is -0.340. The molecule has 4 aliphatic carbocycles. The molecule has 4 aliphatic rings. The molecule has 29 heavy (non-hydrogen) atoms. The van der Waals surface area contributed by atoms with Crippen molar-refractivity contribution in [3.8, 4) is 0 Å². The van der Waals surface area contributed by atoms with Crippen LogP contribution in [0.5, 0.6) is 0 Å². The Kier molecular flexibility index (Phi) is 6.01. The lowest BCUT2D eigenvalue weighted by Gasteiger charge is -2.60. The van der Waals surface area contributed by atoms with Gasteiger partial charge in [0.25, 0.3) is 0 Å². The number of nitrogens with two attached hydrogens (primary N) is 1. The van der Waals surface area contributed by atoms with E-state index in [1.165, 1.54) is 50.5 Å². The van der Waals surface area contributed by atoms with Gasteiger partial charge in [-0.05, 0) is 91.3 Å². The van der Waals surface area contributed by atoms with Gasteiger partial charge in [0, 0.05) is 6.04 Å². The number of fused-ring (bicyclic) bond motifs is 5. The molecule has 0 heterocycles. The summed E-state index contributed by atoms with van der Waals surface area (Å²) in [4.78, 5) is 0. The zero-order chi connectivity index (χ0) is 21.0. The average molecular weight is 402 g/mol. The van der Waals surface area contributed by atoms with E-state index in [0.29, 0.717) is 16.7 Å². The van der Waals surface area contributed by atoms with Crippen LogP contribution in [0.1, 0.15) is 98.8 Å². The van der Waals surface area contributed by atoms with Crippen LogP contribution in [0.25, 0.3) is 0 Å². The number of rotatable bonds is 5. The average Bonchev–Trinajstić information content (AvgIpc) is 3.00. The van der Waals surface area contributed by atoms with Gasteiger partial charge in [0.05, 0.1) is 6.10 Å². The van der Waals surface area contributed by atoms with Crippen molar-refractivity contribution in [3.05, 3.63) is 11.6 Å². The lowest BCUT2D eigenvalue weighted by Crippen LogP contribution is -2.56. The minimum atomic E-state index is -0.144. The van der Waals surface area contributed by atoms with Gasteiger partial charge in [0.2, 0.25) is 0 Å². The second-order valence-electron chi connectivity index (χ2n) is 12.4. The molecule has 0 radical (unpaired) electrons. The van der Waals surface area contributed by atoms with E-state index in [1.807, 2.05) is 0 Å². The molecule has 3 saturated carbocycles. The molecule has 0 amide bonds. The van der Waals surface area contributed by atoms with E-state index < -0.39 is 0 Å². The predicted octanol–water partition coefficient (Wildman–Crippen LogP) is 6.33. The zero-order valence-electron chi connectivity index (χ0n) is 19.8. The molecule has 4 rings (SSSR count). The predicted molar refractivity (Wildman–Crippen MR) is 122 cm³/mol. The highest BCUT2D eigenvalue weighted by Crippen LogP contribution is 2.67. The van der Waals surface area contributed by atoms with Crippen molar-refractivity contribution in [1.82, 2.24) is 0 Å². The smallest absolute Gasteiger partial charge is 0.0577 e. The highest BCUT2D eigenvalue weighted by atomic mass is 16.3. The van der Waals surface area contributed by atoms with Crippen LogP contribution >= 0.6 is 0 Å². The Labute approximate surface area is 180 Å². The van der Waals surface area contributed by atoms with Crippen LogP contribution < -0.4 is 5.73 Å². The van der Waals surface area contributed by atoms with Crippen molar-refractivity contribution in [3.63, 3.8) is 0 Å². The number of aliphatic hydroxyl groups is 1. The SMILES string of the molecule is CC(C)CCC[C@@H](C)C1CCC2C3C(CC[C@@]21C)[C@@]1(C)CC[C@H](O)CC1=C[C@@H]3N. The molecule has 0 aromatic carbocycles. The van der Waals surface area contributed by atoms with Gasteiger partial charge in [0.1, 0.15) is 0 Å². The van der Waals surface area contributed by atoms with Crippen LogP contribution in [0.15, 0.2) is 11.6 Å². The van der Waals surface area contributed by atoms with E-state index in [4.69, 9.17) is 5.73 Å². The lowest BCUT2D eigenvalue weighted by atomic mass is 9.46.